The third-order valence-electron chi connectivity index (χ3n) is 3.68. The molecule has 0 spiro atoms. The Hall–Kier alpha value is -2.28. The topological polar surface area (TPSA) is 75.5 Å². The normalized spacial score (nSPS) is 12.2. The minimum absolute atomic E-state index is 0.373. The number of aliphatic imine (C=N–C) groups is 1. The first-order valence-electron chi connectivity index (χ1n) is 7.64. The first-order chi connectivity index (χ1) is 11.3. The number of aromatic nitrogens is 1. The molecule has 0 radical (unpaired) electrons. The second-order valence-electron chi connectivity index (χ2n) is 5.84. The molecule has 0 saturated heterocycles. The number of guanidine groups is 1. The van der Waals surface area contributed by atoms with Crippen LogP contribution in [0.15, 0.2) is 46.5 Å². The fourth-order valence-electron chi connectivity index (χ4n) is 2.50. The molecular formula is C17H24N4O2S. The van der Waals surface area contributed by atoms with E-state index in [2.05, 4.69) is 15.6 Å². The maximum Gasteiger partial charge on any atom is 0.191 e. The lowest BCUT2D eigenvalue weighted by molar-refractivity contribution is 0.601. The number of sulfone groups is 1. The van der Waals surface area contributed by atoms with Gasteiger partial charge in [0, 0.05) is 45.8 Å². The molecule has 1 aromatic carbocycles. The van der Waals surface area contributed by atoms with Crippen molar-refractivity contribution in [3.63, 3.8) is 0 Å². The lowest BCUT2D eigenvalue weighted by Gasteiger charge is -2.12. The predicted octanol–water partition coefficient (Wildman–Crippen LogP) is 1.60. The van der Waals surface area contributed by atoms with Crippen LogP contribution in [0.25, 0.3) is 0 Å². The van der Waals surface area contributed by atoms with Gasteiger partial charge in [0.15, 0.2) is 15.8 Å². The molecule has 0 aliphatic rings. The van der Waals surface area contributed by atoms with Crippen molar-refractivity contribution in [1.82, 2.24) is 15.2 Å². The molecule has 0 fully saturated rings. The highest BCUT2D eigenvalue weighted by Crippen LogP contribution is 2.16. The van der Waals surface area contributed by atoms with Crippen LogP contribution in [0.1, 0.15) is 16.7 Å². The molecule has 0 unspecified atom stereocenters. The van der Waals surface area contributed by atoms with Crippen LogP contribution in [0.2, 0.25) is 0 Å². The van der Waals surface area contributed by atoms with Crippen molar-refractivity contribution in [2.75, 3.05) is 13.3 Å². The fourth-order valence-corrected chi connectivity index (χ4v) is 3.45. The second-order valence-corrected chi connectivity index (χ2v) is 7.82. The zero-order valence-corrected chi connectivity index (χ0v) is 15.3. The molecule has 0 aliphatic carbocycles. The standard InChI is InChI=1S/C17H24N4O2S/c1-13-9-14(5-6-16(13)24(4,22)23)10-19-17(18-2)20-11-15-7-8-21(3)12-15/h5-9,12H,10-11H2,1-4H3,(H2,18,19,20). The van der Waals surface area contributed by atoms with E-state index in [1.54, 1.807) is 13.1 Å². The van der Waals surface area contributed by atoms with Gasteiger partial charge in [-0.2, -0.15) is 0 Å². The van der Waals surface area contributed by atoms with E-state index in [9.17, 15) is 8.42 Å². The molecule has 0 saturated carbocycles. The number of rotatable bonds is 5. The first kappa shape index (κ1) is 18.1. The third kappa shape index (κ3) is 4.86. The number of aryl methyl sites for hydroxylation is 2. The predicted molar refractivity (Wildman–Crippen MR) is 96.7 cm³/mol. The quantitative estimate of drug-likeness (QED) is 0.636. The van der Waals surface area contributed by atoms with Crippen molar-refractivity contribution in [3.05, 3.63) is 53.3 Å². The van der Waals surface area contributed by atoms with Gasteiger partial charge in [-0.1, -0.05) is 12.1 Å². The van der Waals surface area contributed by atoms with Crippen molar-refractivity contribution in [2.24, 2.45) is 12.0 Å². The van der Waals surface area contributed by atoms with E-state index in [0.717, 1.165) is 11.1 Å². The molecule has 0 aliphatic heterocycles. The summed E-state index contributed by atoms with van der Waals surface area (Å²) < 4.78 is 25.3. The summed E-state index contributed by atoms with van der Waals surface area (Å²) in [5.74, 6) is 0.698. The number of hydrogen-bond donors (Lipinski definition) is 2. The number of nitrogens with one attached hydrogen (secondary N) is 2. The highest BCUT2D eigenvalue weighted by atomic mass is 32.2. The average Bonchev–Trinajstić information content (AvgIpc) is 2.92. The largest absolute Gasteiger partial charge is 0.357 e. The van der Waals surface area contributed by atoms with E-state index < -0.39 is 9.84 Å². The van der Waals surface area contributed by atoms with Crippen molar-refractivity contribution in [3.8, 4) is 0 Å². The zero-order chi connectivity index (χ0) is 17.7. The Morgan fingerprint density at radius 2 is 1.83 bits per heavy atom. The van der Waals surface area contributed by atoms with Crippen LogP contribution in [-0.4, -0.2) is 32.2 Å². The van der Waals surface area contributed by atoms with Crippen molar-refractivity contribution in [2.45, 2.75) is 24.9 Å². The highest BCUT2D eigenvalue weighted by molar-refractivity contribution is 7.90. The summed E-state index contributed by atoms with van der Waals surface area (Å²) >= 11 is 0. The smallest absolute Gasteiger partial charge is 0.191 e. The Morgan fingerprint density at radius 1 is 1.17 bits per heavy atom. The van der Waals surface area contributed by atoms with Gasteiger partial charge in [-0.15, -0.1) is 0 Å². The van der Waals surface area contributed by atoms with Crippen LogP contribution in [0, 0.1) is 6.92 Å². The van der Waals surface area contributed by atoms with Gasteiger partial charge in [-0.05, 0) is 35.7 Å². The summed E-state index contributed by atoms with van der Waals surface area (Å²) in [7, 11) is 0.524. The van der Waals surface area contributed by atoms with E-state index in [1.165, 1.54) is 11.8 Å². The van der Waals surface area contributed by atoms with Crippen LogP contribution >= 0.6 is 0 Å². The van der Waals surface area contributed by atoms with Crippen molar-refractivity contribution in [1.29, 1.82) is 0 Å². The molecule has 0 atom stereocenters. The average molecular weight is 348 g/mol. The maximum absolute atomic E-state index is 11.7. The van der Waals surface area contributed by atoms with Gasteiger partial charge in [0.2, 0.25) is 0 Å². The van der Waals surface area contributed by atoms with Gasteiger partial charge in [0.25, 0.3) is 0 Å². The molecule has 1 aromatic heterocycles. The summed E-state index contributed by atoms with van der Waals surface area (Å²) in [6, 6.07) is 7.41. The molecule has 2 N–H and O–H groups in total. The number of hydrogen-bond acceptors (Lipinski definition) is 3. The summed E-state index contributed by atoms with van der Waals surface area (Å²) in [5, 5.41) is 6.48. The molecule has 1 heterocycles. The van der Waals surface area contributed by atoms with Gasteiger partial charge in [-0.25, -0.2) is 8.42 Å². The van der Waals surface area contributed by atoms with E-state index in [1.807, 2.05) is 49.1 Å². The van der Waals surface area contributed by atoms with Crippen molar-refractivity contribution >= 4 is 15.8 Å². The molecule has 130 valence electrons. The van der Waals surface area contributed by atoms with Gasteiger partial charge in [0.1, 0.15) is 0 Å². The summed E-state index contributed by atoms with van der Waals surface area (Å²) in [5.41, 5.74) is 2.93. The monoisotopic (exact) mass is 348 g/mol. The Morgan fingerprint density at radius 3 is 2.33 bits per heavy atom. The maximum atomic E-state index is 11.7. The van der Waals surface area contributed by atoms with E-state index >= 15 is 0 Å². The number of nitrogens with zero attached hydrogens (tertiary/aromatic N) is 2. The minimum atomic E-state index is -3.18. The third-order valence-corrected chi connectivity index (χ3v) is 4.93. The Labute approximate surface area is 143 Å². The van der Waals surface area contributed by atoms with Gasteiger partial charge < -0.3 is 15.2 Å². The summed E-state index contributed by atoms with van der Waals surface area (Å²) in [6.45, 7) is 3.06. The zero-order valence-electron chi connectivity index (χ0n) is 14.5. The van der Waals surface area contributed by atoms with Crippen LogP contribution in [-0.2, 0) is 30.0 Å². The molecule has 2 aromatic rings. The molecule has 24 heavy (non-hydrogen) atoms. The molecule has 6 nitrogen and oxygen atoms in total. The minimum Gasteiger partial charge on any atom is -0.357 e. The lowest BCUT2D eigenvalue weighted by atomic mass is 10.1. The molecule has 0 amide bonds. The Bertz CT molecular complexity index is 838. The lowest BCUT2D eigenvalue weighted by Crippen LogP contribution is -2.36. The Kier molecular flexibility index (Phi) is 5.66. The number of benzene rings is 1. The van der Waals surface area contributed by atoms with Gasteiger partial charge in [-0.3, -0.25) is 4.99 Å². The van der Waals surface area contributed by atoms with Crippen LogP contribution in [0.5, 0.6) is 0 Å². The summed E-state index contributed by atoms with van der Waals surface area (Å²) in [6.07, 6.45) is 5.27. The highest BCUT2D eigenvalue weighted by Gasteiger charge is 2.10. The van der Waals surface area contributed by atoms with Crippen LogP contribution in [0.4, 0.5) is 0 Å². The Balaban J connectivity index is 1.94. The summed E-state index contributed by atoms with van der Waals surface area (Å²) in [4.78, 5) is 4.57. The fraction of sp³-hybridized carbons (Fsp3) is 0.353. The first-order valence-corrected chi connectivity index (χ1v) is 9.53. The molecule has 7 heteroatoms. The van der Waals surface area contributed by atoms with Crippen molar-refractivity contribution < 1.29 is 8.42 Å². The van der Waals surface area contributed by atoms with Crippen LogP contribution in [0.3, 0.4) is 0 Å². The van der Waals surface area contributed by atoms with Gasteiger partial charge in [0.05, 0.1) is 4.90 Å². The molecular weight excluding hydrogens is 324 g/mol. The molecule has 0 bridgehead atoms. The second kappa shape index (κ2) is 7.53. The SMILES string of the molecule is CN=C(NCc1ccc(S(C)(=O)=O)c(C)c1)NCc1ccn(C)c1. The molecule has 2 rings (SSSR count). The van der Waals surface area contributed by atoms with E-state index in [4.69, 9.17) is 0 Å². The van der Waals surface area contributed by atoms with E-state index in [0.29, 0.717) is 23.9 Å². The van der Waals surface area contributed by atoms with E-state index in [-0.39, 0.29) is 0 Å². The van der Waals surface area contributed by atoms with Crippen LogP contribution < -0.4 is 10.6 Å². The van der Waals surface area contributed by atoms with Gasteiger partial charge >= 0.3 is 0 Å².